The van der Waals surface area contributed by atoms with Crippen molar-refractivity contribution in [2.75, 3.05) is 18.5 Å². The van der Waals surface area contributed by atoms with Gasteiger partial charge in [-0.3, -0.25) is 9.69 Å². The Balaban J connectivity index is 2.09. The molecule has 8 heteroatoms. The average molecular weight is 415 g/mol. The van der Waals surface area contributed by atoms with Gasteiger partial charge in [0.2, 0.25) is 0 Å². The van der Waals surface area contributed by atoms with E-state index in [1.807, 2.05) is 30.3 Å². The molecular weight excluding hydrogens is 384 g/mol. The summed E-state index contributed by atoms with van der Waals surface area (Å²) in [5.74, 6) is -0.609. The van der Waals surface area contributed by atoms with Crippen LogP contribution in [0.1, 0.15) is 36.7 Å². The molecule has 0 aliphatic heterocycles. The number of aliphatic hydroxyl groups is 1. The molecule has 30 heavy (non-hydrogen) atoms. The van der Waals surface area contributed by atoms with E-state index < -0.39 is 18.0 Å². The number of anilines is 1. The highest BCUT2D eigenvalue weighted by Crippen LogP contribution is 2.26. The van der Waals surface area contributed by atoms with Crippen LogP contribution in [0.25, 0.3) is 0 Å². The van der Waals surface area contributed by atoms with Gasteiger partial charge in [0.15, 0.2) is 0 Å². The lowest BCUT2D eigenvalue weighted by molar-refractivity contribution is 0.0283. The Bertz CT molecular complexity index is 865. The number of nitrogens with one attached hydrogen (secondary N) is 1. The molecule has 3 amide bonds. The number of hydrogen-bond acceptors (Lipinski definition) is 5. The summed E-state index contributed by atoms with van der Waals surface area (Å²) in [6.07, 6.45) is -0.818. The van der Waals surface area contributed by atoms with Gasteiger partial charge in [-0.25, -0.2) is 4.79 Å². The molecule has 2 aromatic carbocycles. The molecule has 0 bridgehead atoms. The third kappa shape index (κ3) is 6.75. The SMILES string of the molecule is CC(C)(C)N(Cc1ccccc1)CC(O)COc1cccc(NC(N)=O)c1C(N)=O. The molecule has 8 nitrogen and oxygen atoms in total. The van der Waals surface area contributed by atoms with Crippen LogP contribution >= 0.6 is 0 Å². The van der Waals surface area contributed by atoms with Crippen LogP contribution in [0.3, 0.4) is 0 Å². The van der Waals surface area contributed by atoms with Crippen molar-refractivity contribution in [3.63, 3.8) is 0 Å². The minimum absolute atomic E-state index is 0.000429. The number of urea groups is 1. The van der Waals surface area contributed by atoms with Crippen LogP contribution in [-0.2, 0) is 6.54 Å². The van der Waals surface area contributed by atoms with E-state index in [4.69, 9.17) is 16.2 Å². The molecule has 2 rings (SSSR count). The zero-order chi connectivity index (χ0) is 22.3. The predicted octanol–water partition coefficient (Wildman–Crippen LogP) is 2.32. The molecule has 0 heterocycles. The first-order chi connectivity index (χ1) is 14.1. The Morgan fingerprint density at radius 2 is 1.77 bits per heavy atom. The molecule has 1 unspecified atom stereocenters. The number of rotatable bonds is 9. The van der Waals surface area contributed by atoms with E-state index in [1.54, 1.807) is 12.1 Å². The summed E-state index contributed by atoms with van der Waals surface area (Å²) in [6.45, 7) is 7.21. The molecule has 0 aliphatic rings. The minimum atomic E-state index is -0.823. The van der Waals surface area contributed by atoms with Crippen LogP contribution in [0.2, 0.25) is 0 Å². The monoisotopic (exact) mass is 414 g/mol. The molecule has 0 fully saturated rings. The Labute approximate surface area is 176 Å². The molecule has 0 radical (unpaired) electrons. The largest absolute Gasteiger partial charge is 0.490 e. The van der Waals surface area contributed by atoms with Crippen LogP contribution in [0, 0.1) is 0 Å². The average Bonchev–Trinajstić information content (AvgIpc) is 2.65. The van der Waals surface area contributed by atoms with Crippen LogP contribution in [0.5, 0.6) is 5.75 Å². The number of carbonyl (C=O) groups is 2. The Morgan fingerprint density at radius 3 is 2.33 bits per heavy atom. The highest BCUT2D eigenvalue weighted by Gasteiger charge is 2.25. The summed E-state index contributed by atoms with van der Waals surface area (Å²) in [5, 5.41) is 12.9. The van der Waals surface area contributed by atoms with Crippen molar-refractivity contribution in [3.05, 3.63) is 59.7 Å². The van der Waals surface area contributed by atoms with E-state index in [9.17, 15) is 14.7 Å². The highest BCUT2D eigenvalue weighted by molar-refractivity contribution is 6.04. The zero-order valence-electron chi connectivity index (χ0n) is 17.6. The third-order valence-electron chi connectivity index (χ3n) is 4.56. The number of primary amides is 2. The van der Waals surface area contributed by atoms with Gasteiger partial charge >= 0.3 is 6.03 Å². The number of aliphatic hydroxyl groups excluding tert-OH is 1. The molecule has 0 saturated heterocycles. The highest BCUT2D eigenvalue weighted by atomic mass is 16.5. The van der Waals surface area contributed by atoms with Gasteiger partial charge in [0.05, 0.1) is 5.69 Å². The smallest absolute Gasteiger partial charge is 0.316 e. The predicted molar refractivity (Wildman–Crippen MR) is 116 cm³/mol. The van der Waals surface area contributed by atoms with Crippen LogP contribution in [0.4, 0.5) is 10.5 Å². The summed E-state index contributed by atoms with van der Waals surface area (Å²) < 4.78 is 5.68. The number of amides is 3. The second kappa shape index (κ2) is 10.1. The molecular formula is C22H30N4O4. The Hall–Kier alpha value is -3.10. The lowest BCUT2D eigenvalue weighted by Gasteiger charge is -2.37. The van der Waals surface area contributed by atoms with Gasteiger partial charge in [-0.15, -0.1) is 0 Å². The fraction of sp³-hybridized carbons (Fsp3) is 0.364. The second-order valence-corrected chi connectivity index (χ2v) is 8.03. The van der Waals surface area contributed by atoms with Gasteiger partial charge in [0.1, 0.15) is 24.0 Å². The lowest BCUT2D eigenvalue weighted by atomic mass is 10.0. The van der Waals surface area contributed by atoms with E-state index in [0.717, 1.165) is 5.56 Å². The molecule has 1 atom stereocenters. The first kappa shape index (κ1) is 23.2. The fourth-order valence-corrected chi connectivity index (χ4v) is 3.01. The molecule has 0 aliphatic carbocycles. The third-order valence-corrected chi connectivity index (χ3v) is 4.56. The van der Waals surface area contributed by atoms with E-state index in [2.05, 4.69) is 31.0 Å². The van der Waals surface area contributed by atoms with E-state index in [1.165, 1.54) is 6.07 Å². The van der Waals surface area contributed by atoms with Crippen molar-refractivity contribution < 1.29 is 19.4 Å². The maximum absolute atomic E-state index is 11.9. The molecule has 0 aromatic heterocycles. The first-order valence-corrected chi connectivity index (χ1v) is 9.67. The summed E-state index contributed by atoms with van der Waals surface area (Å²) in [5.41, 5.74) is 11.7. The second-order valence-electron chi connectivity index (χ2n) is 8.03. The van der Waals surface area contributed by atoms with E-state index in [-0.39, 0.29) is 29.1 Å². The van der Waals surface area contributed by atoms with Gasteiger partial charge in [-0.05, 0) is 38.5 Å². The van der Waals surface area contributed by atoms with Gasteiger partial charge < -0.3 is 26.6 Å². The number of benzene rings is 2. The standard InChI is InChI=1S/C22H30N4O4/c1-22(2,3)26(12-15-8-5-4-6-9-15)13-16(27)14-30-18-11-7-10-17(25-21(24)29)19(18)20(23)28/h4-11,16,27H,12-14H2,1-3H3,(H2,23,28)(H3,24,25,29). The fourth-order valence-electron chi connectivity index (χ4n) is 3.01. The van der Waals surface area contributed by atoms with Crippen LogP contribution in [0.15, 0.2) is 48.5 Å². The molecule has 0 saturated carbocycles. The van der Waals surface area contributed by atoms with Gasteiger partial charge in [-0.1, -0.05) is 36.4 Å². The van der Waals surface area contributed by atoms with Crippen molar-refractivity contribution in [1.29, 1.82) is 0 Å². The van der Waals surface area contributed by atoms with Gasteiger partial charge in [-0.2, -0.15) is 0 Å². The number of hydrogen-bond donors (Lipinski definition) is 4. The van der Waals surface area contributed by atoms with E-state index in [0.29, 0.717) is 13.1 Å². The zero-order valence-corrected chi connectivity index (χ0v) is 17.6. The van der Waals surface area contributed by atoms with Crippen LogP contribution in [-0.4, -0.2) is 46.7 Å². The summed E-state index contributed by atoms with van der Waals surface area (Å²) in [7, 11) is 0. The quantitative estimate of drug-likeness (QED) is 0.500. The van der Waals surface area contributed by atoms with Gasteiger partial charge in [0.25, 0.3) is 5.91 Å². The molecule has 0 spiro atoms. The number of β-amino-alcohol motifs (C(OH)–C–C–N with tert-alkyl or cyclic N) is 1. The lowest BCUT2D eigenvalue weighted by Crippen LogP contribution is -2.46. The van der Waals surface area contributed by atoms with Crippen LogP contribution < -0.4 is 21.5 Å². The molecule has 2 aromatic rings. The van der Waals surface area contributed by atoms with Gasteiger partial charge in [0, 0.05) is 18.6 Å². The topological polar surface area (TPSA) is 131 Å². The Kier molecular flexibility index (Phi) is 7.79. The minimum Gasteiger partial charge on any atom is -0.490 e. The summed E-state index contributed by atoms with van der Waals surface area (Å²) in [6, 6.07) is 13.8. The Morgan fingerprint density at radius 1 is 1.10 bits per heavy atom. The number of nitrogens with two attached hydrogens (primary N) is 2. The molecule has 162 valence electrons. The van der Waals surface area contributed by atoms with Crippen molar-refractivity contribution >= 4 is 17.6 Å². The number of carbonyl (C=O) groups excluding carboxylic acids is 2. The maximum atomic E-state index is 11.9. The van der Waals surface area contributed by atoms with E-state index >= 15 is 0 Å². The normalized spacial score (nSPS) is 12.4. The van der Waals surface area contributed by atoms with Crippen molar-refractivity contribution in [3.8, 4) is 5.75 Å². The first-order valence-electron chi connectivity index (χ1n) is 9.67. The summed E-state index contributed by atoms with van der Waals surface area (Å²) in [4.78, 5) is 25.2. The van der Waals surface area contributed by atoms with Crippen molar-refractivity contribution in [2.24, 2.45) is 11.5 Å². The molecule has 6 N–H and O–H groups in total. The summed E-state index contributed by atoms with van der Waals surface area (Å²) >= 11 is 0. The number of nitrogens with zero attached hydrogens (tertiary/aromatic N) is 1. The van der Waals surface area contributed by atoms with Crippen molar-refractivity contribution in [2.45, 2.75) is 39.0 Å². The number of ether oxygens (including phenoxy) is 1. The maximum Gasteiger partial charge on any atom is 0.316 e. The van der Waals surface area contributed by atoms with Crippen molar-refractivity contribution in [1.82, 2.24) is 4.90 Å².